The molecule has 23 heavy (non-hydrogen) atoms. The highest BCUT2D eigenvalue weighted by molar-refractivity contribution is 5.93. The van der Waals surface area contributed by atoms with E-state index >= 15 is 0 Å². The number of amides is 1. The maximum atomic E-state index is 12.2. The Bertz CT molecular complexity index is 901. The van der Waals surface area contributed by atoms with Gasteiger partial charge in [0.25, 0.3) is 5.69 Å². The number of fused-ring (bicyclic) bond motifs is 1. The maximum absolute atomic E-state index is 12.2. The number of anilines is 1. The van der Waals surface area contributed by atoms with Gasteiger partial charge in [-0.15, -0.1) is 0 Å². The number of nitrogens with zero attached hydrogens (tertiary/aromatic N) is 3. The lowest BCUT2D eigenvalue weighted by molar-refractivity contribution is -0.383. The molecule has 0 atom stereocenters. The molecule has 1 aromatic heterocycles. The highest BCUT2D eigenvalue weighted by Gasteiger charge is 2.16. The van der Waals surface area contributed by atoms with Gasteiger partial charge in [0, 0.05) is 11.8 Å². The van der Waals surface area contributed by atoms with Crippen molar-refractivity contribution in [2.75, 3.05) is 5.32 Å². The van der Waals surface area contributed by atoms with Crippen molar-refractivity contribution in [3.63, 3.8) is 0 Å². The number of aryl methyl sites for hydroxylation is 1. The van der Waals surface area contributed by atoms with Crippen LogP contribution in [0.2, 0.25) is 0 Å². The molecule has 0 saturated heterocycles. The number of nitro benzene ring substituents is 1. The van der Waals surface area contributed by atoms with E-state index in [-0.39, 0.29) is 18.1 Å². The third kappa shape index (κ3) is 2.89. The molecule has 1 amide bonds. The molecule has 1 N–H and O–H groups in total. The Morgan fingerprint density at radius 2 is 2.04 bits per heavy atom. The van der Waals surface area contributed by atoms with Gasteiger partial charge >= 0.3 is 0 Å². The fourth-order valence-electron chi connectivity index (χ4n) is 2.41. The van der Waals surface area contributed by atoms with Gasteiger partial charge < -0.3 is 5.32 Å². The number of non-ortho nitro benzene ring substituents is 1. The van der Waals surface area contributed by atoms with E-state index in [2.05, 4.69) is 10.4 Å². The first-order chi connectivity index (χ1) is 11.1. The number of carbonyl (C=O) groups is 1. The lowest BCUT2D eigenvalue weighted by Crippen LogP contribution is -2.19. The Labute approximate surface area is 131 Å². The number of benzene rings is 2. The third-order valence-corrected chi connectivity index (χ3v) is 3.57. The van der Waals surface area contributed by atoms with Gasteiger partial charge in [0.05, 0.1) is 22.0 Å². The van der Waals surface area contributed by atoms with Crippen LogP contribution < -0.4 is 5.32 Å². The van der Waals surface area contributed by atoms with E-state index in [1.54, 1.807) is 12.1 Å². The van der Waals surface area contributed by atoms with Gasteiger partial charge in [-0.05, 0) is 24.6 Å². The quantitative estimate of drug-likeness (QED) is 0.592. The number of hydrogen-bond acceptors (Lipinski definition) is 4. The molecule has 0 aliphatic rings. The van der Waals surface area contributed by atoms with Crippen molar-refractivity contribution in [3.8, 4) is 0 Å². The van der Waals surface area contributed by atoms with Crippen molar-refractivity contribution in [2.45, 2.75) is 13.5 Å². The van der Waals surface area contributed by atoms with Gasteiger partial charge in [0.15, 0.2) is 0 Å². The van der Waals surface area contributed by atoms with E-state index in [9.17, 15) is 14.9 Å². The van der Waals surface area contributed by atoms with Crippen LogP contribution in [-0.2, 0) is 11.3 Å². The minimum atomic E-state index is -0.457. The third-order valence-electron chi connectivity index (χ3n) is 3.57. The topological polar surface area (TPSA) is 90.1 Å². The molecule has 1 heterocycles. The van der Waals surface area contributed by atoms with Crippen LogP contribution in [0.5, 0.6) is 0 Å². The van der Waals surface area contributed by atoms with E-state index in [4.69, 9.17) is 0 Å². The lowest BCUT2D eigenvalue weighted by atomic mass is 10.2. The Kier molecular flexibility index (Phi) is 3.76. The number of rotatable bonds is 4. The molecular formula is C16H14N4O3. The summed E-state index contributed by atoms with van der Waals surface area (Å²) in [6.45, 7) is 1.89. The molecule has 0 radical (unpaired) electrons. The number of para-hydroxylation sites is 1. The Morgan fingerprint density at radius 3 is 2.78 bits per heavy atom. The number of nitro groups is 1. The molecule has 0 aliphatic heterocycles. The van der Waals surface area contributed by atoms with E-state index in [0.717, 1.165) is 11.3 Å². The lowest BCUT2D eigenvalue weighted by Gasteiger charge is -2.08. The summed E-state index contributed by atoms with van der Waals surface area (Å²) in [5, 5.41) is 18.3. The Balaban J connectivity index is 1.85. The first-order valence-electron chi connectivity index (χ1n) is 7.00. The summed E-state index contributed by atoms with van der Waals surface area (Å²) in [5.74, 6) is -0.240. The van der Waals surface area contributed by atoms with Crippen LogP contribution in [-0.4, -0.2) is 20.6 Å². The van der Waals surface area contributed by atoms with Crippen molar-refractivity contribution >= 4 is 28.2 Å². The minimum absolute atomic E-state index is 0.0149. The zero-order valence-electron chi connectivity index (χ0n) is 12.4. The van der Waals surface area contributed by atoms with E-state index < -0.39 is 4.92 Å². The number of nitrogens with one attached hydrogen (secondary N) is 1. The normalized spacial score (nSPS) is 10.7. The van der Waals surface area contributed by atoms with Crippen LogP contribution >= 0.6 is 0 Å². The summed E-state index contributed by atoms with van der Waals surface area (Å²) in [7, 11) is 0. The van der Waals surface area contributed by atoms with Gasteiger partial charge in [0.2, 0.25) is 5.91 Å². The van der Waals surface area contributed by atoms with Gasteiger partial charge in [0.1, 0.15) is 6.54 Å². The monoisotopic (exact) mass is 310 g/mol. The van der Waals surface area contributed by atoms with Gasteiger partial charge in [-0.3, -0.25) is 19.6 Å². The van der Waals surface area contributed by atoms with Crippen LogP contribution in [0.4, 0.5) is 11.4 Å². The molecule has 0 aliphatic carbocycles. The Morgan fingerprint density at radius 1 is 1.26 bits per heavy atom. The average Bonchev–Trinajstić information content (AvgIpc) is 2.92. The summed E-state index contributed by atoms with van der Waals surface area (Å²) in [4.78, 5) is 22.7. The van der Waals surface area contributed by atoms with E-state index in [1.807, 2.05) is 31.2 Å². The van der Waals surface area contributed by atoms with Crippen LogP contribution in [0, 0.1) is 17.0 Å². The van der Waals surface area contributed by atoms with Crippen molar-refractivity contribution in [1.29, 1.82) is 0 Å². The molecule has 3 aromatic rings. The SMILES string of the molecule is Cc1ccccc1NC(=O)Cn1ncc2c([N+](=O)[O-])cccc21. The molecule has 7 heteroatoms. The summed E-state index contributed by atoms with van der Waals surface area (Å²) < 4.78 is 1.45. The first kappa shape index (κ1) is 14.7. The van der Waals surface area contributed by atoms with E-state index in [0.29, 0.717) is 10.9 Å². The van der Waals surface area contributed by atoms with Crippen molar-refractivity contribution < 1.29 is 9.72 Å². The zero-order valence-corrected chi connectivity index (χ0v) is 12.4. The predicted molar refractivity (Wildman–Crippen MR) is 86.2 cm³/mol. The molecule has 0 bridgehead atoms. The van der Waals surface area contributed by atoms with Gasteiger partial charge in [-0.25, -0.2) is 0 Å². The van der Waals surface area contributed by atoms with Gasteiger partial charge in [-0.1, -0.05) is 24.3 Å². The summed E-state index contributed by atoms with van der Waals surface area (Å²) in [6.07, 6.45) is 1.41. The second-order valence-electron chi connectivity index (χ2n) is 5.13. The molecule has 0 spiro atoms. The van der Waals surface area contributed by atoms with Crippen molar-refractivity contribution in [2.24, 2.45) is 0 Å². The summed E-state index contributed by atoms with van der Waals surface area (Å²) in [5.41, 5.74) is 2.23. The minimum Gasteiger partial charge on any atom is -0.324 e. The zero-order chi connectivity index (χ0) is 16.4. The molecule has 2 aromatic carbocycles. The molecule has 0 saturated carbocycles. The van der Waals surface area contributed by atoms with Crippen LogP contribution in [0.15, 0.2) is 48.7 Å². The van der Waals surface area contributed by atoms with Gasteiger partial charge in [-0.2, -0.15) is 5.10 Å². The number of carbonyl (C=O) groups excluding carboxylic acids is 1. The largest absolute Gasteiger partial charge is 0.324 e. The van der Waals surface area contributed by atoms with E-state index in [1.165, 1.54) is 16.9 Å². The molecule has 116 valence electrons. The smallest absolute Gasteiger partial charge is 0.280 e. The second kappa shape index (κ2) is 5.88. The standard InChI is InChI=1S/C16H14N4O3/c1-11-5-2-3-6-13(11)18-16(21)10-19-14-7-4-8-15(20(22)23)12(14)9-17-19/h2-9H,10H2,1H3,(H,18,21). The highest BCUT2D eigenvalue weighted by atomic mass is 16.6. The molecule has 3 rings (SSSR count). The maximum Gasteiger partial charge on any atom is 0.280 e. The average molecular weight is 310 g/mol. The molecule has 0 fully saturated rings. The fraction of sp³-hybridized carbons (Fsp3) is 0.125. The second-order valence-corrected chi connectivity index (χ2v) is 5.13. The van der Waals surface area contributed by atoms with Crippen LogP contribution in [0.25, 0.3) is 10.9 Å². The van der Waals surface area contributed by atoms with Crippen molar-refractivity contribution in [3.05, 3.63) is 64.3 Å². The number of aromatic nitrogens is 2. The summed E-state index contributed by atoms with van der Waals surface area (Å²) >= 11 is 0. The molecule has 0 unspecified atom stereocenters. The van der Waals surface area contributed by atoms with Crippen LogP contribution in [0.1, 0.15) is 5.56 Å². The first-order valence-corrected chi connectivity index (χ1v) is 7.00. The molecular weight excluding hydrogens is 296 g/mol. The number of hydrogen-bond donors (Lipinski definition) is 1. The highest BCUT2D eigenvalue weighted by Crippen LogP contribution is 2.24. The molecule has 7 nitrogen and oxygen atoms in total. The van der Waals surface area contributed by atoms with Crippen molar-refractivity contribution in [1.82, 2.24) is 9.78 Å². The van der Waals surface area contributed by atoms with Crippen LogP contribution in [0.3, 0.4) is 0 Å². The predicted octanol–water partition coefficient (Wildman–Crippen LogP) is 2.89. The Hall–Kier alpha value is -3.22. The fourth-order valence-corrected chi connectivity index (χ4v) is 2.41. The summed E-state index contributed by atoms with van der Waals surface area (Å²) in [6, 6.07) is 12.2.